The van der Waals surface area contributed by atoms with E-state index in [4.69, 9.17) is 0 Å². The van der Waals surface area contributed by atoms with E-state index in [1.54, 1.807) is 12.4 Å². The van der Waals surface area contributed by atoms with Crippen molar-refractivity contribution in [1.82, 2.24) is 9.78 Å². The summed E-state index contributed by atoms with van der Waals surface area (Å²) >= 11 is 0. The monoisotopic (exact) mass is 268 g/mol. The van der Waals surface area contributed by atoms with Crippen molar-refractivity contribution in [3.8, 4) is 5.69 Å². The first-order valence-corrected chi connectivity index (χ1v) is 7.13. The zero-order valence-electron chi connectivity index (χ0n) is 10.1. The molecule has 2 rings (SSSR count). The SMILES string of the molecule is CCS(=O)(=O)c1ccc(-n2cc(C)cn2)c(F)c1. The van der Waals surface area contributed by atoms with Gasteiger partial charge in [-0.05, 0) is 30.7 Å². The second-order valence-electron chi connectivity index (χ2n) is 3.98. The summed E-state index contributed by atoms with van der Waals surface area (Å²) in [5.74, 6) is -0.653. The molecule has 0 N–H and O–H groups in total. The molecule has 6 heteroatoms. The normalized spacial score (nSPS) is 11.7. The maximum atomic E-state index is 13.9. The Bertz CT molecular complexity index is 677. The van der Waals surface area contributed by atoms with Crippen LogP contribution < -0.4 is 0 Å². The minimum Gasteiger partial charge on any atom is -0.238 e. The molecule has 1 heterocycles. The molecule has 0 bridgehead atoms. The third kappa shape index (κ3) is 2.28. The number of rotatable bonds is 3. The molecule has 0 aliphatic carbocycles. The number of nitrogens with zero attached hydrogens (tertiary/aromatic N) is 2. The summed E-state index contributed by atoms with van der Waals surface area (Å²) in [6.07, 6.45) is 3.28. The maximum absolute atomic E-state index is 13.9. The van der Waals surface area contributed by atoms with Crippen molar-refractivity contribution in [3.05, 3.63) is 42.0 Å². The third-order valence-corrected chi connectivity index (χ3v) is 4.35. The van der Waals surface area contributed by atoms with Gasteiger partial charge >= 0.3 is 0 Å². The Hall–Kier alpha value is -1.69. The maximum Gasteiger partial charge on any atom is 0.178 e. The number of aromatic nitrogens is 2. The molecule has 96 valence electrons. The van der Waals surface area contributed by atoms with Crippen LogP contribution in [0, 0.1) is 12.7 Å². The molecule has 0 fully saturated rings. The molecule has 2 aromatic rings. The average molecular weight is 268 g/mol. The molecule has 1 aromatic carbocycles. The molecule has 0 saturated carbocycles. The Kier molecular flexibility index (Phi) is 3.21. The van der Waals surface area contributed by atoms with Crippen molar-refractivity contribution in [3.63, 3.8) is 0 Å². The van der Waals surface area contributed by atoms with Crippen LogP contribution in [0.5, 0.6) is 0 Å². The first-order chi connectivity index (χ1) is 8.44. The van der Waals surface area contributed by atoms with Gasteiger partial charge in [0, 0.05) is 6.20 Å². The summed E-state index contributed by atoms with van der Waals surface area (Å²) in [4.78, 5) is -0.00451. The smallest absolute Gasteiger partial charge is 0.178 e. The van der Waals surface area contributed by atoms with E-state index in [0.29, 0.717) is 0 Å². The third-order valence-electron chi connectivity index (χ3n) is 2.62. The van der Waals surface area contributed by atoms with Gasteiger partial charge < -0.3 is 0 Å². The van der Waals surface area contributed by atoms with Crippen LogP contribution in [0.4, 0.5) is 4.39 Å². The summed E-state index contributed by atoms with van der Waals surface area (Å²) in [5.41, 5.74) is 1.14. The molecular formula is C12H13FN2O2S. The van der Waals surface area contributed by atoms with E-state index in [0.717, 1.165) is 11.6 Å². The van der Waals surface area contributed by atoms with Crippen LogP contribution in [0.15, 0.2) is 35.5 Å². The lowest BCUT2D eigenvalue weighted by Crippen LogP contribution is -2.06. The number of benzene rings is 1. The van der Waals surface area contributed by atoms with Gasteiger partial charge in [0.2, 0.25) is 0 Å². The highest BCUT2D eigenvalue weighted by atomic mass is 32.2. The Labute approximate surface area is 105 Å². The average Bonchev–Trinajstić information content (AvgIpc) is 2.75. The Morgan fingerprint density at radius 2 is 2.11 bits per heavy atom. The first-order valence-electron chi connectivity index (χ1n) is 5.48. The summed E-state index contributed by atoms with van der Waals surface area (Å²) in [5, 5.41) is 3.99. The topological polar surface area (TPSA) is 52.0 Å². The van der Waals surface area contributed by atoms with Crippen LogP contribution >= 0.6 is 0 Å². The minimum absolute atomic E-state index is 0.00451. The minimum atomic E-state index is -3.38. The van der Waals surface area contributed by atoms with E-state index in [-0.39, 0.29) is 16.3 Å². The van der Waals surface area contributed by atoms with Crippen molar-refractivity contribution in [2.24, 2.45) is 0 Å². The van der Waals surface area contributed by atoms with Crippen molar-refractivity contribution in [2.45, 2.75) is 18.7 Å². The van der Waals surface area contributed by atoms with Crippen molar-refractivity contribution >= 4 is 9.84 Å². The molecule has 0 spiro atoms. The van der Waals surface area contributed by atoms with Crippen LogP contribution in [0.2, 0.25) is 0 Å². The number of halogens is 1. The van der Waals surface area contributed by atoms with E-state index in [2.05, 4.69) is 5.10 Å². The fourth-order valence-corrected chi connectivity index (χ4v) is 2.47. The molecule has 0 saturated heterocycles. The van der Waals surface area contributed by atoms with E-state index < -0.39 is 15.7 Å². The largest absolute Gasteiger partial charge is 0.238 e. The lowest BCUT2D eigenvalue weighted by Gasteiger charge is -2.06. The standard InChI is InChI=1S/C12H13FN2O2S/c1-3-18(16,17)10-4-5-12(11(13)6-10)15-8-9(2)7-14-15/h4-8H,3H2,1-2H3. The van der Waals surface area contributed by atoms with E-state index >= 15 is 0 Å². The van der Waals surface area contributed by atoms with E-state index in [9.17, 15) is 12.8 Å². The second kappa shape index (κ2) is 4.53. The number of sulfone groups is 1. The second-order valence-corrected chi connectivity index (χ2v) is 6.26. The molecule has 0 amide bonds. The van der Waals surface area contributed by atoms with Crippen LogP contribution in [-0.4, -0.2) is 24.0 Å². The lowest BCUT2D eigenvalue weighted by molar-refractivity contribution is 0.588. The fourth-order valence-electron chi connectivity index (χ4n) is 1.58. The quantitative estimate of drug-likeness (QED) is 0.856. The first kappa shape index (κ1) is 12.8. The molecule has 0 atom stereocenters. The number of hydrogen-bond donors (Lipinski definition) is 0. The Morgan fingerprint density at radius 1 is 1.39 bits per heavy atom. The van der Waals surface area contributed by atoms with Gasteiger partial charge in [0.05, 0.1) is 16.8 Å². The van der Waals surface area contributed by atoms with Gasteiger partial charge in [-0.15, -0.1) is 0 Å². The van der Waals surface area contributed by atoms with Crippen molar-refractivity contribution in [2.75, 3.05) is 5.75 Å². The number of aryl methyl sites for hydroxylation is 1. The molecule has 4 nitrogen and oxygen atoms in total. The van der Waals surface area contributed by atoms with Gasteiger partial charge in [-0.25, -0.2) is 17.5 Å². The molecule has 18 heavy (non-hydrogen) atoms. The number of hydrogen-bond acceptors (Lipinski definition) is 3. The zero-order valence-corrected chi connectivity index (χ0v) is 10.9. The van der Waals surface area contributed by atoms with Crippen LogP contribution in [0.1, 0.15) is 12.5 Å². The van der Waals surface area contributed by atoms with Crippen LogP contribution in [0.25, 0.3) is 5.69 Å². The predicted octanol–water partition coefficient (Wildman–Crippen LogP) is 2.11. The Balaban J connectivity index is 2.49. The highest BCUT2D eigenvalue weighted by Crippen LogP contribution is 2.19. The molecular weight excluding hydrogens is 255 g/mol. The zero-order chi connectivity index (χ0) is 13.3. The van der Waals surface area contributed by atoms with E-state index in [1.165, 1.54) is 23.7 Å². The molecule has 0 unspecified atom stereocenters. The highest BCUT2D eigenvalue weighted by Gasteiger charge is 2.15. The van der Waals surface area contributed by atoms with Crippen LogP contribution in [0.3, 0.4) is 0 Å². The van der Waals surface area contributed by atoms with Gasteiger partial charge in [0.1, 0.15) is 11.5 Å². The van der Waals surface area contributed by atoms with Gasteiger partial charge in [-0.1, -0.05) is 6.92 Å². The Morgan fingerprint density at radius 3 is 2.61 bits per heavy atom. The van der Waals surface area contributed by atoms with Gasteiger partial charge in [0.15, 0.2) is 9.84 Å². The molecule has 1 aromatic heterocycles. The van der Waals surface area contributed by atoms with Crippen LogP contribution in [-0.2, 0) is 9.84 Å². The van der Waals surface area contributed by atoms with E-state index in [1.807, 2.05) is 6.92 Å². The summed E-state index contributed by atoms with van der Waals surface area (Å²) in [6.45, 7) is 3.37. The van der Waals surface area contributed by atoms with Gasteiger partial charge in [0.25, 0.3) is 0 Å². The summed E-state index contributed by atoms with van der Waals surface area (Å²) in [6, 6.07) is 3.85. The molecule has 0 aliphatic rings. The predicted molar refractivity (Wildman–Crippen MR) is 66.0 cm³/mol. The summed E-state index contributed by atoms with van der Waals surface area (Å²) in [7, 11) is -3.38. The van der Waals surface area contributed by atoms with Crippen molar-refractivity contribution < 1.29 is 12.8 Å². The highest BCUT2D eigenvalue weighted by molar-refractivity contribution is 7.91. The van der Waals surface area contributed by atoms with Gasteiger partial charge in [-0.3, -0.25) is 0 Å². The summed E-state index contributed by atoms with van der Waals surface area (Å²) < 4.78 is 38.5. The molecule has 0 radical (unpaired) electrons. The van der Waals surface area contributed by atoms with Gasteiger partial charge in [-0.2, -0.15) is 5.10 Å². The molecule has 0 aliphatic heterocycles. The van der Waals surface area contributed by atoms with Crippen molar-refractivity contribution in [1.29, 1.82) is 0 Å². The lowest BCUT2D eigenvalue weighted by atomic mass is 10.3. The fraction of sp³-hybridized carbons (Fsp3) is 0.250.